The maximum Gasteiger partial charge on any atom is 0.257 e. The molecule has 1 atom stereocenters. The third kappa shape index (κ3) is 2.56. The summed E-state index contributed by atoms with van der Waals surface area (Å²) in [4.78, 5) is 11.6. The van der Waals surface area contributed by atoms with E-state index in [1.165, 1.54) is 13.0 Å². The summed E-state index contributed by atoms with van der Waals surface area (Å²) >= 11 is 0. The molecule has 0 bridgehead atoms. The molecule has 1 aromatic carbocycles. The molecule has 1 aromatic rings. The first-order valence-electron chi connectivity index (χ1n) is 5.22. The van der Waals surface area contributed by atoms with Crippen molar-refractivity contribution in [3.05, 3.63) is 34.9 Å². The second-order valence-electron chi connectivity index (χ2n) is 3.84. The quantitative estimate of drug-likeness (QED) is 0.845. The van der Waals surface area contributed by atoms with E-state index in [0.29, 0.717) is 6.42 Å². The van der Waals surface area contributed by atoms with E-state index in [2.05, 4.69) is 5.32 Å². The van der Waals surface area contributed by atoms with Crippen LogP contribution in [0.15, 0.2) is 12.1 Å². The predicted molar refractivity (Wildman–Crippen MR) is 58.3 cm³/mol. The van der Waals surface area contributed by atoms with Crippen LogP contribution in [0.2, 0.25) is 0 Å². The Hall–Kier alpha value is -1.45. The Morgan fingerprint density at radius 1 is 1.44 bits per heavy atom. The van der Waals surface area contributed by atoms with E-state index >= 15 is 0 Å². The van der Waals surface area contributed by atoms with Gasteiger partial charge in [-0.15, -0.1) is 0 Å². The molecule has 0 saturated heterocycles. The van der Waals surface area contributed by atoms with Gasteiger partial charge in [0.25, 0.3) is 5.91 Å². The zero-order valence-electron chi connectivity index (χ0n) is 9.60. The number of aryl methyl sites for hydroxylation is 1. The number of hydrogen-bond donors (Lipinski definition) is 1. The van der Waals surface area contributed by atoms with E-state index in [1.54, 1.807) is 6.92 Å². The summed E-state index contributed by atoms with van der Waals surface area (Å²) in [7, 11) is 0. The van der Waals surface area contributed by atoms with Crippen LogP contribution in [-0.2, 0) is 0 Å². The van der Waals surface area contributed by atoms with Crippen molar-refractivity contribution in [3.63, 3.8) is 0 Å². The number of benzene rings is 1. The summed E-state index contributed by atoms with van der Waals surface area (Å²) < 4.78 is 26.9. The van der Waals surface area contributed by atoms with Crippen molar-refractivity contribution in [2.75, 3.05) is 0 Å². The maximum atomic E-state index is 13.6. The van der Waals surface area contributed by atoms with Crippen LogP contribution < -0.4 is 5.32 Å². The Bertz CT molecular complexity index is 404. The lowest BCUT2D eigenvalue weighted by Gasteiger charge is -2.12. The molecule has 2 nitrogen and oxygen atoms in total. The van der Waals surface area contributed by atoms with Gasteiger partial charge >= 0.3 is 0 Å². The van der Waals surface area contributed by atoms with Crippen LogP contribution in [-0.4, -0.2) is 11.9 Å². The van der Waals surface area contributed by atoms with Crippen LogP contribution in [0.5, 0.6) is 0 Å². The number of amides is 1. The van der Waals surface area contributed by atoms with Gasteiger partial charge in [0.2, 0.25) is 0 Å². The molecule has 0 spiro atoms. The van der Waals surface area contributed by atoms with Gasteiger partial charge in [0.15, 0.2) is 0 Å². The number of nitrogens with one attached hydrogen (secondary N) is 1. The molecule has 0 aromatic heterocycles. The summed E-state index contributed by atoms with van der Waals surface area (Å²) in [6.07, 6.45) is 0.709. The van der Waals surface area contributed by atoms with E-state index in [9.17, 15) is 13.6 Å². The van der Waals surface area contributed by atoms with Crippen molar-refractivity contribution < 1.29 is 13.6 Å². The monoisotopic (exact) mass is 227 g/mol. The molecule has 4 heteroatoms. The molecule has 1 N–H and O–H groups in total. The minimum atomic E-state index is -0.830. The molecule has 0 aliphatic rings. The maximum absolute atomic E-state index is 13.6. The molecule has 0 radical (unpaired) electrons. The van der Waals surface area contributed by atoms with Gasteiger partial charge in [-0.1, -0.05) is 13.0 Å². The Morgan fingerprint density at radius 2 is 2.06 bits per heavy atom. The van der Waals surface area contributed by atoms with Crippen LogP contribution in [0.3, 0.4) is 0 Å². The standard InChI is InChI=1S/C12H15F2NO/c1-4-8(3)15-12(16)10-9(13)6-5-7(2)11(10)14/h5-6,8H,4H2,1-3H3,(H,15,16). The number of halogens is 2. The lowest BCUT2D eigenvalue weighted by atomic mass is 10.1. The smallest absolute Gasteiger partial charge is 0.257 e. The number of carbonyl (C=O) groups is 1. The summed E-state index contributed by atoms with van der Waals surface area (Å²) in [6, 6.07) is 2.31. The van der Waals surface area contributed by atoms with Gasteiger partial charge in [-0.3, -0.25) is 4.79 Å². The minimum Gasteiger partial charge on any atom is -0.349 e. The highest BCUT2D eigenvalue weighted by Gasteiger charge is 2.19. The highest BCUT2D eigenvalue weighted by Crippen LogP contribution is 2.16. The fourth-order valence-corrected chi connectivity index (χ4v) is 1.26. The molecule has 88 valence electrons. The lowest BCUT2D eigenvalue weighted by molar-refractivity contribution is 0.0930. The van der Waals surface area contributed by atoms with E-state index in [-0.39, 0.29) is 11.6 Å². The Labute approximate surface area is 93.7 Å². The average Bonchev–Trinajstić information content (AvgIpc) is 2.24. The molecule has 1 unspecified atom stereocenters. The molecule has 0 aliphatic heterocycles. The molecule has 1 rings (SSSR count). The fourth-order valence-electron chi connectivity index (χ4n) is 1.26. The molecule has 1 amide bonds. The van der Waals surface area contributed by atoms with Gasteiger partial charge in [-0.2, -0.15) is 0 Å². The predicted octanol–water partition coefficient (Wildman–Crippen LogP) is 2.80. The molecule has 16 heavy (non-hydrogen) atoms. The van der Waals surface area contributed by atoms with E-state index in [4.69, 9.17) is 0 Å². The van der Waals surface area contributed by atoms with Crippen LogP contribution in [0.4, 0.5) is 8.78 Å². The Kier molecular flexibility index (Phi) is 3.99. The summed E-state index contributed by atoms with van der Waals surface area (Å²) in [5.41, 5.74) is -0.240. The second kappa shape index (κ2) is 5.05. The van der Waals surface area contributed by atoms with Crippen LogP contribution >= 0.6 is 0 Å². The van der Waals surface area contributed by atoms with Gasteiger partial charge < -0.3 is 5.32 Å². The van der Waals surface area contributed by atoms with Crippen molar-refractivity contribution >= 4 is 5.91 Å². The van der Waals surface area contributed by atoms with Crippen molar-refractivity contribution in [2.45, 2.75) is 33.2 Å². The second-order valence-corrected chi connectivity index (χ2v) is 3.84. The molecule has 0 heterocycles. The highest BCUT2D eigenvalue weighted by molar-refractivity contribution is 5.95. The van der Waals surface area contributed by atoms with Crippen LogP contribution in [0.25, 0.3) is 0 Å². The largest absolute Gasteiger partial charge is 0.349 e. The SMILES string of the molecule is CCC(C)NC(=O)c1c(F)ccc(C)c1F. The van der Waals surface area contributed by atoms with E-state index in [1.807, 2.05) is 6.92 Å². The van der Waals surface area contributed by atoms with Gasteiger partial charge in [0, 0.05) is 6.04 Å². The average molecular weight is 227 g/mol. The topological polar surface area (TPSA) is 29.1 Å². The van der Waals surface area contributed by atoms with Crippen molar-refractivity contribution in [3.8, 4) is 0 Å². The lowest BCUT2D eigenvalue weighted by Crippen LogP contribution is -2.33. The highest BCUT2D eigenvalue weighted by atomic mass is 19.1. The summed E-state index contributed by atoms with van der Waals surface area (Å²) in [5, 5.41) is 2.54. The minimum absolute atomic E-state index is 0.105. The Balaban J connectivity index is 3.03. The van der Waals surface area contributed by atoms with Crippen molar-refractivity contribution in [2.24, 2.45) is 0 Å². The van der Waals surface area contributed by atoms with Gasteiger partial charge in [0.1, 0.15) is 17.2 Å². The number of rotatable bonds is 3. The zero-order chi connectivity index (χ0) is 12.3. The van der Waals surface area contributed by atoms with Gasteiger partial charge in [0.05, 0.1) is 0 Å². The number of hydrogen-bond acceptors (Lipinski definition) is 1. The van der Waals surface area contributed by atoms with Crippen LogP contribution in [0, 0.1) is 18.6 Å². The molecule has 0 fully saturated rings. The van der Waals surface area contributed by atoms with E-state index in [0.717, 1.165) is 6.07 Å². The first kappa shape index (κ1) is 12.6. The zero-order valence-corrected chi connectivity index (χ0v) is 9.60. The molecule has 0 saturated carbocycles. The van der Waals surface area contributed by atoms with Gasteiger partial charge in [-0.05, 0) is 31.9 Å². The summed E-state index contributed by atoms with van der Waals surface area (Å²) in [5.74, 6) is -2.32. The first-order valence-corrected chi connectivity index (χ1v) is 5.22. The third-order valence-corrected chi connectivity index (χ3v) is 2.50. The molecule has 0 aliphatic carbocycles. The van der Waals surface area contributed by atoms with Gasteiger partial charge in [-0.25, -0.2) is 8.78 Å². The van der Waals surface area contributed by atoms with E-state index < -0.39 is 23.1 Å². The van der Waals surface area contributed by atoms with Crippen molar-refractivity contribution in [1.29, 1.82) is 0 Å². The van der Waals surface area contributed by atoms with Crippen LogP contribution in [0.1, 0.15) is 36.2 Å². The van der Waals surface area contributed by atoms with Crippen molar-refractivity contribution in [1.82, 2.24) is 5.32 Å². The Morgan fingerprint density at radius 3 is 2.62 bits per heavy atom. The normalized spacial score (nSPS) is 12.3. The first-order chi connectivity index (χ1) is 7.47. The number of carbonyl (C=O) groups excluding carboxylic acids is 1. The third-order valence-electron chi connectivity index (χ3n) is 2.50. The molecular weight excluding hydrogens is 212 g/mol. The fraction of sp³-hybridized carbons (Fsp3) is 0.417. The summed E-state index contributed by atoms with van der Waals surface area (Å²) in [6.45, 7) is 5.16. The molecular formula is C12H15F2NO.